The summed E-state index contributed by atoms with van der Waals surface area (Å²) in [6.45, 7) is 2.30. The molecule has 0 amide bonds. The predicted octanol–water partition coefficient (Wildman–Crippen LogP) is 3.71. The molecule has 0 bridgehead atoms. The van der Waals surface area contributed by atoms with E-state index < -0.39 is 63.8 Å². The summed E-state index contributed by atoms with van der Waals surface area (Å²) >= 11 is 0. The average Bonchev–Trinajstić information content (AvgIpc) is 3.19. The third kappa shape index (κ3) is 6.21. The standard InChI is InChI=1S/C25H24N2O10/c1-25(2)19(23(30)36-13-21(28)15-3-7-17(8-4-15)26(32)33)11-12-20(25)24(31)37-14-22(29)16-5-9-18(10-6-16)27(34)35/h3-10,19-20H,11-14H2,1-2H3. The molecule has 0 aromatic heterocycles. The Morgan fingerprint density at radius 2 is 1.05 bits per heavy atom. The summed E-state index contributed by atoms with van der Waals surface area (Å²) in [6, 6.07) is 9.82. The normalized spacial score (nSPS) is 18.0. The highest BCUT2D eigenvalue weighted by Gasteiger charge is 2.51. The summed E-state index contributed by atoms with van der Waals surface area (Å²) in [5.41, 5.74) is -0.908. The van der Waals surface area contributed by atoms with Crippen molar-refractivity contribution in [2.75, 3.05) is 13.2 Å². The Hall–Kier alpha value is -4.48. The summed E-state index contributed by atoms with van der Waals surface area (Å²) in [6.07, 6.45) is 0.626. The number of benzene rings is 2. The van der Waals surface area contributed by atoms with Crippen LogP contribution in [0.3, 0.4) is 0 Å². The zero-order valence-corrected chi connectivity index (χ0v) is 20.1. The van der Waals surface area contributed by atoms with Crippen molar-refractivity contribution in [3.63, 3.8) is 0 Å². The highest BCUT2D eigenvalue weighted by Crippen LogP contribution is 2.48. The van der Waals surface area contributed by atoms with E-state index in [-0.39, 0.29) is 22.5 Å². The van der Waals surface area contributed by atoms with Gasteiger partial charge < -0.3 is 9.47 Å². The van der Waals surface area contributed by atoms with Crippen LogP contribution in [0.1, 0.15) is 47.4 Å². The van der Waals surface area contributed by atoms with Gasteiger partial charge in [0.2, 0.25) is 0 Å². The van der Waals surface area contributed by atoms with Crippen LogP contribution in [0.2, 0.25) is 0 Å². The van der Waals surface area contributed by atoms with E-state index in [1.54, 1.807) is 13.8 Å². The van der Waals surface area contributed by atoms with Gasteiger partial charge in [0.05, 0.1) is 21.7 Å². The van der Waals surface area contributed by atoms with Crippen LogP contribution in [0, 0.1) is 37.5 Å². The maximum atomic E-state index is 12.7. The van der Waals surface area contributed by atoms with Crippen LogP contribution in [0.15, 0.2) is 48.5 Å². The largest absolute Gasteiger partial charge is 0.457 e. The van der Waals surface area contributed by atoms with E-state index in [9.17, 15) is 39.4 Å². The molecular formula is C25H24N2O10. The summed E-state index contributed by atoms with van der Waals surface area (Å²) in [5, 5.41) is 21.5. The van der Waals surface area contributed by atoms with Crippen LogP contribution in [-0.2, 0) is 19.1 Å². The second-order valence-electron chi connectivity index (χ2n) is 9.17. The molecule has 0 heterocycles. The number of esters is 2. The molecule has 0 saturated heterocycles. The second-order valence-corrected chi connectivity index (χ2v) is 9.17. The molecule has 37 heavy (non-hydrogen) atoms. The van der Waals surface area contributed by atoms with Crippen LogP contribution < -0.4 is 0 Å². The number of ketones is 2. The molecule has 0 N–H and O–H groups in total. The van der Waals surface area contributed by atoms with Gasteiger partial charge >= 0.3 is 11.9 Å². The van der Waals surface area contributed by atoms with E-state index in [4.69, 9.17) is 9.47 Å². The van der Waals surface area contributed by atoms with Gasteiger partial charge in [-0.15, -0.1) is 0 Å². The minimum atomic E-state index is -0.874. The van der Waals surface area contributed by atoms with E-state index >= 15 is 0 Å². The van der Waals surface area contributed by atoms with Crippen LogP contribution in [-0.4, -0.2) is 46.6 Å². The molecule has 1 aliphatic carbocycles. The van der Waals surface area contributed by atoms with E-state index in [0.717, 1.165) is 0 Å². The first-order valence-corrected chi connectivity index (χ1v) is 11.3. The van der Waals surface area contributed by atoms with Crippen molar-refractivity contribution < 1.29 is 38.5 Å². The van der Waals surface area contributed by atoms with Crippen molar-refractivity contribution in [3.8, 4) is 0 Å². The number of ether oxygens (including phenoxy) is 2. The number of hydrogen-bond acceptors (Lipinski definition) is 10. The molecule has 0 radical (unpaired) electrons. The van der Waals surface area contributed by atoms with Gasteiger partial charge in [0, 0.05) is 35.4 Å². The first-order valence-electron chi connectivity index (χ1n) is 11.3. The van der Waals surface area contributed by atoms with Crippen molar-refractivity contribution >= 4 is 34.9 Å². The molecule has 0 aliphatic heterocycles. The quantitative estimate of drug-likeness (QED) is 0.198. The lowest BCUT2D eigenvalue weighted by atomic mass is 9.75. The fraction of sp³-hybridized carbons (Fsp3) is 0.360. The van der Waals surface area contributed by atoms with Crippen molar-refractivity contribution in [2.45, 2.75) is 26.7 Å². The number of non-ortho nitro benzene ring substituents is 2. The molecule has 2 aromatic carbocycles. The first-order chi connectivity index (χ1) is 17.4. The Labute approximate surface area is 210 Å². The summed E-state index contributed by atoms with van der Waals surface area (Å²) in [7, 11) is 0. The number of Topliss-reactive ketones (excluding diaryl/α,β-unsaturated/α-hetero) is 2. The Morgan fingerprint density at radius 3 is 1.35 bits per heavy atom. The smallest absolute Gasteiger partial charge is 0.309 e. The van der Waals surface area contributed by atoms with Crippen LogP contribution in [0.25, 0.3) is 0 Å². The number of hydrogen-bond donors (Lipinski definition) is 0. The van der Waals surface area contributed by atoms with Crippen LogP contribution in [0.5, 0.6) is 0 Å². The number of nitro groups is 2. The van der Waals surface area contributed by atoms with E-state index in [1.165, 1.54) is 48.5 Å². The Kier molecular flexibility index (Phi) is 8.11. The molecule has 12 nitrogen and oxygen atoms in total. The summed E-state index contributed by atoms with van der Waals surface area (Å²) < 4.78 is 10.4. The van der Waals surface area contributed by atoms with E-state index in [0.29, 0.717) is 12.8 Å². The molecule has 1 fully saturated rings. The Bertz CT molecular complexity index is 1140. The maximum Gasteiger partial charge on any atom is 0.309 e. The summed E-state index contributed by atoms with van der Waals surface area (Å²) in [5.74, 6) is -3.75. The number of nitrogens with zero attached hydrogens (tertiary/aromatic N) is 2. The van der Waals surface area contributed by atoms with Gasteiger partial charge in [0.1, 0.15) is 0 Å². The molecular weight excluding hydrogens is 488 g/mol. The van der Waals surface area contributed by atoms with Gasteiger partial charge in [0.25, 0.3) is 11.4 Å². The van der Waals surface area contributed by atoms with E-state index in [1.807, 2.05) is 0 Å². The number of carbonyl (C=O) groups excluding carboxylic acids is 4. The lowest BCUT2D eigenvalue weighted by Gasteiger charge is -2.30. The monoisotopic (exact) mass is 512 g/mol. The van der Waals surface area contributed by atoms with Crippen molar-refractivity contribution in [3.05, 3.63) is 79.9 Å². The van der Waals surface area contributed by atoms with Gasteiger partial charge in [-0.2, -0.15) is 0 Å². The third-order valence-corrected chi connectivity index (χ3v) is 6.60. The molecule has 0 spiro atoms. The van der Waals surface area contributed by atoms with Gasteiger partial charge in [-0.25, -0.2) is 0 Å². The molecule has 194 valence electrons. The Morgan fingerprint density at radius 1 is 0.730 bits per heavy atom. The van der Waals surface area contributed by atoms with Crippen molar-refractivity contribution in [1.82, 2.24) is 0 Å². The highest BCUT2D eigenvalue weighted by molar-refractivity contribution is 5.99. The summed E-state index contributed by atoms with van der Waals surface area (Å²) in [4.78, 5) is 70.3. The topological polar surface area (TPSA) is 173 Å². The lowest BCUT2D eigenvalue weighted by Crippen LogP contribution is -2.37. The highest BCUT2D eigenvalue weighted by atomic mass is 16.6. The van der Waals surface area contributed by atoms with Crippen LogP contribution >= 0.6 is 0 Å². The Balaban J connectivity index is 1.53. The number of nitro benzene ring substituents is 2. The lowest BCUT2D eigenvalue weighted by molar-refractivity contribution is -0.385. The zero-order valence-electron chi connectivity index (χ0n) is 20.1. The molecule has 2 aromatic rings. The average molecular weight is 512 g/mol. The maximum absolute atomic E-state index is 12.7. The van der Waals surface area contributed by atoms with Gasteiger partial charge in [-0.3, -0.25) is 39.4 Å². The fourth-order valence-electron chi connectivity index (χ4n) is 4.34. The van der Waals surface area contributed by atoms with Crippen molar-refractivity contribution in [1.29, 1.82) is 0 Å². The van der Waals surface area contributed by atoms with Crippen LogP contribution in [0.4, 0.5) is 11.4 Å². The van der Waals surface area contributed by atoms with Gasteiger partial charge in [-0.05, 0) is 42.5 Å². The third-order valence-electron chi connectivity index (χ3n) is 6.60. The molecule has 3 rings (SSSR count). The molecule has 1 aliphatic rings. The minimum Gasteiger partial charge on any atom is -0.457 e. The molecule has 2 unspecified atom stereocenters. The first kappa shape index (κ1) is 27.1. The van der Waals surface area contributed by atoms with Crippen molar-refractivity contribution in [2.24, 2.45) is 17.3 Å². The molecule has 1 saturated carbocycles. The fourth-order valence-corrected chi connectivity index (χ4v) is 4.34. The molecule has 12 heteroatoms. The minimum absolute atomic E-state index is 0.156. The molecule has 2 atom stereocenters. The number of carbonyl (C=O) groups is 4. The predicted molar refractivity (Wildman–Crippen MR) is 127 cm³/mol. The van der Waals surface area contributed by atoms with E-state index in [2.05, 4.69) is 0 Å². The van der Waals surface area contributed by atoms with Gasteiger partial charge in [-0.1, -0.05) is 13.8 Å². The number of rotatable bonds is 10. The van der Waals surface area contributed by atoms with Gasteiger partial charge in [0.15, 0.2) is 24.8 Å². The zero-order chi connectivity index (χ0) is 27.3. The second kappa shape index (κ2) is 11.1. The SMILES string of the molecule is CC1(C)C(C(=O)OCC(=O)c2ccc([N+](=O)[O-])cc2)CCC1C(=O)OCC(=O)c1ccc([N+](=O)[O-])cc1.